The summed E-state index contributed by atoms with van der Waals surface area (Å²) >= 11 is 0. The van der Waals surface area contributed by atoms with Gasteiger partial charge in [-0.15, -0.1) is 6.58 Å². The summed E-state index contributed by atoms with van der Waals surface area (Å²) in [5, 5.41) is 0. The zero-order valence-corrected chi connectivity index (χ0v) is 14.4. The number of rotatable bonds is 9. The number of hydrogen-bond acceptors (Lipinski definition) is 1. The summed E-state index contributed by atoms with van der Waals surface area (Å²) in [5.41, 5.74) is 2.40. The molecule has 1 nitrogen and oxygen atoms in total. The van der Waals surface area contributed by atoms with Crippen LogP contribution in [0.25, 0.3) is 0 Å². The highest BCUT2D eigenvalue weighted by Crippen LogP contribution is 2.21. The smallest absolute Gasteiger partial charge is 0.192 e. The van der Waals surface area contributed by atoms with E-state index in [9.17, 15) is 0 Å². The highest BCUT2D eigenvalue weighted by molar-refractivity contribution is 6.82. The fourth-order valence-electron chi connectivity index (χ4n) is 2.09. The molecule has 0 bridgehead atoms. The van der Waals surface area contributed by atoms with Crippen molar-refractivity contribution in [2.45, 2.75) is 58.0 Å². The fourth-order valence-corrected chi connectivity index (χ4v) is 6.26. The van der Waals surface area contributed by atoms with E-state index in [1.165, 1.54) is 18.1 Å². The van der Waals surface area contributed by atoms with E-state index >= 15 is 0 Å². The van der Waals surface area contributed by atoms with Crippen LogP contribution in [0.5, 0.6) is 0 Å². The van der Waals surface area contributed by atoms with Crippen LogP contribution in [0.3, 0.4) is 0 Å². The molecule has 0 amide bonds. The average molecular weight is 271 g/mol. The van der Waals surface area contributed by atoms with Gasteiger partial charge >= 0.3 is 0 Å². The van der Waals surface area contributed by atoms with Crippen LogP contribution < -0.4 is 0 Å². The molecule has 0 aliphatic rings. The lowest BCUT2D eigenvalue weighted by Gasteiger charge is -2.27. The second-order valence-corrected chi connectivity index (χ2v) is 14.9. The van der Waals surface area contributed by atoms with Gasteiger partial charge in [0.05, 0.1) is 14.7 Å². The highest BCUT2D eigenvalue weighted by Gasteiger charge is 2.27. The van der Waals surface area contributed by atoms with Gasteiger partial charge in [0.1, 0.15) is 0 Å². The summed E-state index contributed by atoms with van der Waals surface area (Å²) < 4.78 is 6.20. The van der Waals surface area contributed by atoms with E-state index in [1.807, 2.05) is 6.08 Å². The number of hydrogen-bond donors (Lipinski definition) is 0. The first kappa shape index (κ1) is 16.9. The minimum Gasteiger partial charge on any atom is -0.413 e. The van der Waals surface area contributed by atoms with Gasteiger partial charge in [0.25, 0.3) is 0 Å². The summed E-state index contributed by atoms with van der Waals surface area (Å²) in [4.78, 5) is 0. The van der Waals surface area contributed by atoms with Gasteiger partial charge in [-0.1, -0.05) is 51.7 Å². The molecule has 0 rings (SSSR count). The van der Waals surface area contributed by atoms with Gasteiger partial charge in [-0.2, -0.15) is 0 Å². The summed E-state index contributed by atoms with van der Waals surface area (Å²) in [7, 11) is -2.58. The SMILES string of the molecule is C=CC[Si](C)(C)/C=C/CO[Si](CC)(CC)CC. The van der Waals surface area contributed by atoms with Gasteiger partial charge in [0.15, 0.2) is 8.32 Å². The van der Waals surface area contributed by atoms with Gasteiger partial charge in [-0.25, -0.2) is 0 Å². The summed E-state index contributed by atoms with van der Waals surface area (Å²) in [6.07, 6.45) is 4.29. The molecular weight excluding hydrogens is 240 g/mol. The minimum absolute atomic E-state index is 0.815. The molecule has 0 aromatic carbocycles. The van der Waals surface area contributed by atoms with E-state index in [1.54, 1.807) is 0 Å². The fraction of sp³-hybridized carbons (Fsp3) is 0.714. The highest BCUT2D eigenvalue weighted by atomic mass is 28.4. The second kappa shape index (κ2) is 8.06. The van der Waals surface area contributed by atoms with E-state index in [0.29, 0.717) is 0 Å². The molecule has 17 heavy (non-hydrogen) atoms. The average Bonchev–Trinajstić information content (AvgIpc) is 2.30. The molecule has 0 spiro atoms. The van der Waals surface area contributed by atoms with Crippen LogP contribution in [0, 0.1) is 0 Å². The van der Waals surface area contributed by atoms with Gasteiger partial charge < -0.3 is 4.43 Å². The first-order chi connectivity index (χ1) is 7.95. The van der Waals surface area contributed by atoms with E-state index < -0.39 is 16.4 Å². The lowest BCUT2D eigenvalue weighted by atomic mass is 10.7. The van der Waals surface area contributed by atoms with Gasteiger partial charge in [0.2, 0.25) is 0 Å². The molecule has 0 unspecified atom stereocenters. The molecule has 0 aliphatic heterocycles. The summed E-state index contributed by atoms with van der Waals surface area (Å²) in [5.74, 6) is 0. The Kier molecular flexibility index (Phi) is 8.00. The van der Waals surface area contributed by atoms with Crippen LogP contribution in [-0.2, 0) is 4.43 Å². The van der Waals surface area contributed by atoms with Crippen molar-refractivity contribution in [2.24, 2.45) is 0 Å². The Morgan fingerprint density at radius 3 is 2.00 bits per heavy atom. The Balaban J connectivity index is 4.21. The van der Waals surface area contributed by atoms with E-state index in [4.69, 9.17) is 4.43 Å². The van der Waals surface area contributed by atoms with Crippen molar-refractivity contribution in [3.8, 4) is 0 Å². The molecule has 3 heteroatoms. The Labute approximate surface area is 110 Å². The van der Waals surface area contributed by atoms with Gasteiger partial charge in [0, 0.05) is 0 Å². The molecule has 0 saturated heterocycles. The predicted octanol–water partition coefficient (Wildman–Crippen LogP) is 5.00. The zero-order valence-electron chi connectivity index (χ0n) is 12.4. The summed E-state index contributed by atoms with van der Waals surface area (Å²) in [6.45, 7) is 16.2. The molecule has 0 atom stereocenters. The van der Waals surface area contributed by atoms with Crippen molar-refractivity contribution >= 4 is 16.4 Å². The molecule has 100 valence electrons. The first-order valence-corrected chi connectivity index (χ1v) is 12.7. The zero-order chi connectivity index (χ0) is 13.4. The Morgan fingerprint density at radius 2 is 1.59 bits per heavy atom. The molecular formula is C14H30OSi2. The molecule has 0 radical (unpaired) electrons. The van der Waals surface area contributed by atoms with Gasteiger partial charge in [-0.05, 0) is 24.2 Å². The van der Waals surface area contributed by atoms with Crippen LogP contribution in [-0.4, -0.2) is 23.0 Å². The van der Waals surface area contributed by atoms with Crippen LogP contribution in [0.4, 0.5) is 0 Å². The maximum Gasteiger partial charge on any atom is 0.192 e. The van der Waals surface area contributed by atoms with Crippen molar-refractivity contribution in [1.29, 1.82) is 0 Å². The molecule has 0 aromatic rings. The standard InChI is InChI=1S/C14H30OSi2/c1-7-13-16(5,6)14-11-12-15-17(8-2,9-3)10-4/h7,11,14H,1,8-10,12-13H2,2-6H3/b14-11+. The Hall–Kier alpha value is -0.126. The van der Waals surface area contributed by atoms with E-state index in [0.717, 1.165) is 12.7 Å². The van der Waals surface area contributed by atoms with E-state index in [-0.39, 0.29) is 0 Å². The largest absolute Gasteiger partial charge is 0.413 e. The normalized spacial score (nSPS) is 13.2. The van der Waals surface area contributed by atoms with E-state index in [2.05, 4.69) is 52.2 Å². The summed E-state index contributed by atoms with van der Waals surface area (Å²) in [6, 6.07) is 4.87. The maximum absolute atomic E-state index is 6.20. The topological polar surface area (TPSA) is 9.23 Å². The quantitative estimate of drug-likeness (QED) is 0.423. The molecule has 0 saturated carbocycles. The molecule has 0 heterocycles. The third kappa shape index (κ3) is 6.39. The van der Waals surface area contributed by atoms with Crippen molar-refractivity contribution < 1.29 is 4.43 Å². The van der Waals surface area contributed by atoms with Crippen molar-refractivity contribution in [2.75, 3.05) is 6.61 Å². The second-order valence-electron chi connectivity index (χ2n) is 5.44. The van der Waals surface area contributed by atoms with Crippen LogP contribution in [0.15, 0.2) is 24.4 Å². The van der Waals surface area contributed by atoms with Crippen molar-refractivity contribution in [3.63, 3.8) is 0 Å². The molecule has 0 fully saturated rings. The lowest BCUT2D eigenvalue weighted by Crippen LogP contribution is -2.35. The predicted molar refractivity (Wildman–Crippen MR) is 84.8 cm³/mol. The third-order valence-corrected chi connectivity index (χ3v) is 10.8. The van der Waals surface area contributed by atoms with Gasteiger partial charge in [-0.3, -0.25) is 0 Å². The molecule has 0 N–H and O–H groups in total. The van der Waals surface area contributed by atoms with Crippen molar-refractivity contribution in [3.05, 3.63) is 24.4 Å². The molecule has 0 aromatic heterocycles. The number of allylic oxidation sites excluding steroid dienone is 1. The maximum atomic E-state index is 6.20. The Bertz CT molecular complexity index is 234. The minimum atomic E-state index is -1.39. The Morgan fingerprint density at radius 1 is 1.06 bits per heavy atom. The third-order valence-electron chi connectivity index (χ3n) is 3.66. The van der Waals surface area contributed by atoms with Crippen LogP contribution in [0.1, 0.15) is 20.8 Å². The monoisotopic (exact) mass is 270 g/mol. The van der Waals surface area contributed by atoms with Crippen molar-refractivity contribution in [1.82, 2.24) is 0 Å². The lowest BCUT2D eigenvalue weighted by molar-refractivity contribution is 0.343. The first-order valence-electron chi connectivity index (χ1n) is 6.88. The van der Waals surface area contributed by atoms with Crippen LogP contribution in [0.2, 0.25) is 37.3 Å². The van der Waals surface area contributed by atoms with Crippen LogP contribution >= 0.6 is 0 Å². The molecule has 0 aliphatic carbocycles.